The molecule has 2 aromatic rings. The van der Waals surface area contributed by atoms with E-state index in [0.29, 0.717) is 31.9 Å². The SMILES string of the molecule is COc1c(F)cc(C2(C)CCOCC2)cc1C(C(=O)O)N1CC[C@@H](N(C)CCCCCc2ccc3c(n2)NCCC3)C1. The third kappa shape index (κ3) is 6.90. The van der Waals surface area contributed by atoms with Gasteiger partial charge in [0.05, 0.1) is 7.11 Å². The molecule has 0 spiro atoms. The van der Waals surface area contributed by atoms with E-state index in [4.69, 9.17) is 14.5 Å². The maximum absolute atomic E-state index is 15.4. The number of aromatic nitrogens is 1. The molecule has 9 heteroatoms. The number of hydrogen-bond donors (Lipinski definition) is 2. The second-order valence-corrected chi connectivity index (χ2v) is 12.6. The van der Waals surface area contributed by atoms with E-state index in [1.54, 1.807) is 0 Å². The molecular formula is C33H47FN4O4. The largest absolute Gasteiger partial charge is 0.493 e. The number of halogens is 1. The van der Waals surface area contributed by atoms with Crippen molar-refractivity contribution in [3.63, 3.8) is 0 Å². The van der Waals surface area contributed by atoms with Gasteiger partial charge in [-0.25, -0.2) is 9.37 Å². The first-order chi connectivity index (χ1) is 20.3. The minimum Gasteiger partial charge on any atom is -0.493 e. The molecule has 0 amide bonds. The highest BCUT2D eigenvalue weighted by Crippen LogP contribution is 2.41. The van der Waals surface area contributed by atoms with Crippen LogP contribution in [0, 0.1) is 5.82 Å². The normalized spacial score (nSPS) is 21.1. The molecule has 2 saturated heterocycles. The molecule has 4 heterocycles. The number of carbonyl (C=O) groups is 1. The molecular weight excluding hydrogens is 535 g/mol. The number of carboxylic acids is 1. The lowest BCUT2D eigenvalue weighted by atomic mass is 9.75. The smallest absolute Gasteiger partial charge is 0.325 e. The van der Waals surface area contributed by atoms with Crippen LogP contribution in [0.25, 0.3) is 0 Å². The van der Waals surface area contributed by atoms with Crippen molar-refractivity contribution in [3.05, 3.63) is 52.5 Å². The molecule has 2 fully saturated rings. The van der Waals surface area contributed by atoms with Gasteiger partial charge >= 0.3 is 5.97 Å². The number of fused-ring (bicyclic) bond motifs is 1. The zero-order valence-corrected chi connectivity index (χ0v) is 25.5. The van der Waals surface area contributed by atoms with Gasteiger partial charge in [-0.1, -0.05) is 19.4 Å². The number of nitrogens with one attached hydrogen (secondary N) is 1. The van der Waals surface area contributed by atoms with E-state index in [1.807, 2.05) is 11.0 Å². The summed E-state index contributed by atoms with van der Waals surface area (Å²) in [5.41, 5.74) is 3.45. The zero-order chi connectivity index (χ0) is 29.7. The number of pyridine rings is 1. The molecule has 1 aromatic carbocycles. The minimum atomic E-state index is -0.976. The number of benzene rings is 1. The summed E-state index contributed by atoms with van der Waals surface area (Å²) in [5, 5.41) is 13.8. The number of carboxylic acid groups (broad SMARTS) is 1. The summed E-state index contributed by atoms with van der Waals surface area (Å²) < 4.78 is 26.3. The van der Waals surface area contributed by atoms with E-state index in [2.05, 4.69) is 36.3 Å². The van der Waals surface area contributed by atoms with Crippen molar-refractivity contribution in [2.45, 2.75) is 82.2 Å². The van der Waals surface area contributed by atoms with Gasteiger partial charge < -0.3 is 24.8 Å². The number of likely N-dealkylation sites (tertiary alicyclic amines) is 1. The summed E-state index contributed by atoms with van der Waals surface area (Å²) in [5.74, 6) is -0.383. The summed E-state index contributed by atoms with van der Waals surface area (Å²) in [6.45, 7) is 6.58. The number of nitrogens with zero attached hydrogens (tertiary/aromatic N) is 3. The molecule has 0 saturated carbocycles. The van der Waals surface area contributed by atoms with Crippen molar-refractivity contribution < 1.29 is 23.8 Å². The van der Waals surface area contributed by atoms with Crippen LogP contribution in [-0.2, 0) is 27.8 Å². The molecule has 2 N–H and O–H groups in total. The number of aliphatic carboxylic acids is 1. The first-order valence-electron chi connectivity index (χ1n) is 15.6. The molecule has 5 rings (SSSR count). The Balaban J connectivity index is 1.17. The Morgan fingerprint density at radius 1 is 1.29 bits per heavy atom. The number of anilines is 1. The molecule has 0 bridgehead atoms. The highest BCUT2D eigenvalue weighted by Gasteiger charge is 2.39. The fourth-order valence-corrected chi connectivity index (χ4v) is 6.88. The van der Waals surface area contributed by atoms with Crippen molar-refractivity contribution in [1.82, 2.24) is 14.8 Å². The number of hydrogen-bond acceptors (Lipinski definition) is 7. The van der Waals surface area contributed by atoms with Crippen molar-refractivity contribution in [2.75, 3.05) is 58.9 Å². The Kier molecular flexibility index (Phi) is 10.0. The van der Waals surface area contributed by atoms with Gasteiger partial charge in [0.15, 0.2) is 11.6 Å². The van der Waals surface area contributed by atoms with Crippen LogP contribution in [0.4, 0.5) is 10.2 Å². The number of ether oxygens (including phenoxy) is 2. The summed E-state index contributed by atoms with van der Waals surface area (Å²) in [6.07, 6.45) is 9.00. The Hall–Kier alpha value is -2.75. The van der Waals surface area contributed by atoms with Gasteiger partial charge in [0.25, 0.3) is 0 Å². The second-order valence-electron chi connectivity index (χ2n) is 12.6. The quantitative estimate of drug-likeness (QED) is 0.331. The van der Waals surface area contributed by atoms with Gasteiger partial charge in [0, 0.05) is 50.1 Å². The van der Waals surface area contributed by atoms with E-state index >= 15 is 4.39 Å². The number of methoxy groups -OCH3 is 1. The van der Waals surface area contributed by atoms with Crippen LogP contribution in [0.3, 0.4) is 0 Å². The fraction of sp³-hybridized carbons (Fsp3) is 0.636. The van der Waals surface area contributed by atoms with Gasteiger partial charge in [0.2, 0.25) is 0 Å². The molecule has 0 radical (unpaired) electrons. The van der Waals surface area contributed by atoms with Crippen LogP contribution < -0.4 is 10.1 Å². The number of unbranched alkanes of at least 4 members (excludes halogenated alkanes) is 2. The van der Waals surface area contributed by atoms with E-state index in [1.165, 1.54) is 25.2 Å². The lowest BCUT2D eigenvalue weighted by Gasteiger charge is -2.35. The summed E-state index contributed by atoms with van der Waals surface area (Å²) in [4.78, 5) is 21.8. The van der Waals surface area contributed by atoms with Crippen molar-refractivity contribution in [2.24, 2.45) is 0 Å². The molecule has 230 valence electrons. The van der Waals surface area contributed by atoms with Gasteiger partial charge in [0.1, 0.15) is 11.9 Å². The van der Waals surface area contributed by atoms with Crippen LogP contribution in [0.1, 0.15) is 80.3 Å². The Bertz CT molecular complexity index is 1230. The van der Waals surface area contributed by atoms with E-state index < -0.39 is 17.8 Å². The maximum Gasteiger partial charge on any atom is 0.325 e. The van der Waals surface area contributed by atoms with E-state index in [9.17, 15) is 9.90 Å². The van der Waals surface area contributed by atoms with Gasteiger partial charge in [-0.05, 0) is 99.7 Å². The number of likely N-dealkylation sites (N-methyl/N-ethyl adjacent to an activating group) is 1. The van der Waals surface area contributed by atoms with Gasteiger partial charge in [-0.15, -0.1) is 0 Å². The maximum atomic E-state index is 15.4. The van der Waals surface area contributed by atoms with Gasteiger partial charge in [-0.3, -0.25) is 9.69 Å². The predicted molar refractivity (Wildman–Crippen MR) is 162 cm³/mol. The average molecular weight is 583 g/mol. The second kappa shape index (κ2) is 13.7. The van der Waals surface area contributed by atoms with Crippen LogP contribution >= 0.6 is 0 Å². The number of rotatable bonds is 12. The number of aryl methyl sites for hydroxylation is 2. The van der Waals surface area contributed by atoms with Crippen LogP contribution in [0.15, 0.2) is 24.3 Å². The lowest BCUT2D eigenvalue weighted by molar-refractivity contribution is -0.143. The standard InChI is InChI=1S/C33H47FN4O4/c1-33(13-18-42-19-14-33)24-20-27(30(41-3)28(34)21-24)29(32(39)40)38-17-12-26(22-38)37(2)16-6-4-5-9-25-11-10-23-8-7-15-35-31(23)36-25/h10-11,20-21,26,29H,4-9,12-19,22H2,1-3H3,(H,35,36)(H,39,40)/t26-,29?/m1/s1. The highest BCUT2D eigenvalue weighted by atomic mass is 19.1. The summed E-state index contributed by atoms with van der Waals surface area (Å²) in [6, 6.07) is 7.08. The Morgan fingerprint density at radius 3 is 2.86 bits per heavy atom. The first kappa shape index (κ1) is 30.7. The fourth-order valence-electron chi connectivity index (χ4n) is 6.88. The molecule has 3 aliphatic heterocycles. The summed E-state index contributed by atoms with van der Waals surface area (Å²) in [7, 11) is 3.54. The first-order valence-corrected chi connectivity index (χ1v) is 15.6. The molecule has 42 heavy (non-hydrogen) atoms. The van der Waals surface area contributed by atoms with Crippen molar-refractivity contribution in [1.29, 1.82) is 0 Å². The average Bonchev–Trinajstić information content (AvgIpc) is 3.47. The van der Waals surface area contributed by atoms with E-state index in [0.717, 1.165) is 81.5 Å². The van der Waals surface area contributed by atoms with Crippen molar-refractivity contribution >= 4 is 11.8 Å². The highest BCUT2D eigenvalue weighted by molar-refractivity contribution is 5.77. The third-order valence-electron chi connectivity index (χ3n) is 9.68. The Labute approximate surface area is 249 Å². The summed E-state index contributed by atoms with van der Waals surface area (Å²) >= 11 is 0. The van der Waals surface area contributed by atoms with E-state index in [-0.39, 0.29) is 17.2 Å². The molecule has 8 nitrogen and oxygen atoms in total. The van der Waals surface area contributed by atoms with Crippen LogP contribution in [0.2, 0.25) is 0 Å². The van der Waals surface area contributed by atoms with Crippen molar-refractivity contribution in [3.8, 4) is 5.75 Å². The predicted octanol–water partition coefficient (Wildman–Crippen LogP) is 5.20. The lowest BCUT2D eigenvalue weighted by Crippen LogP contribution is -2.38. The van der Waals surface area contributed by atoms with Crippen LogP contribution in [0.5, 0.6) is 5.75 Å². The zero-order valence-electron chi connectivity index (χ0n) is 25.5. The third-order valence-corrected chi connectivity index (χ3v) is 9.68. The minimum absolute atomic E-state index is 0.0304. The molecule has 2 atom stereocenters. The molecule has 0 aliphatic carbocycles. The Morgan fingerprint density at radius 2 is 2.10 bits per heavy atom. The van der Waals surface area contributed by atoms with Gasteiger partial charge in [-0.2, -0.15) is 0 Å². The molecule has 1 unspecified atom stereocenters. The van der Waals surface area contributed by atoms with Crippen LogP contribution in [-0.4, -0.2) is 85.5 Å². The monoisotopic (exact) mass is 582 g/mol. The molecule has 1 aromatic heterocycles. The molecule has 3 aliphatic rings. The topological polar surface area (TPSA) is 87.2 Å².